The Bertz CT molecular complexity index is 817. The fourth-order valence-corrected chi connectivity index (χ4v) is 3.30. The number of piperazine rings is 1. The Labute approximate surface area is 158 Å². The molecule has 2 aromatic rings. The number of hydrogen-bond donors (Lipinski definition) is 1. The van der Waals surface area contributed by atoms with Gasteiger partial charge in [0.25, 0.3) is 0 Å². The SMILES string of the molecule is Cc1cccc(NC(=O)CN2CCN(Cc3cccc(F)c3F)CC2)c1C. The molecule has 0 spiro atoms. The quantitative estimate of drug-likeness (QED) is 0.873. The average Bonchev–Trinajstić information content (AvgIpc) is 2.64. The van der Waals surface area contributed by atoms with Crippen LogP contribution in [-0.2, 0) is 11.3 Å². The van der Waals surface area contributed by atoms with Crippen LogP contribution in [0.25, 0.3) is 0 Å². The van der Waals surface area contributed by atoms with E-state index in [1.807, 2.05) is 32.0 Å². The Hall–Kier alpha value is -2.31. The van der Waals surface area contributed by atoms with Gasteiger partial charge < -0.3 is 5.32 Å². The molecule has 1 fully saturated rings. The van der Waals surface area contributed by atoms with E-state index in [1.165, 1.54) is 6.07 Å². The fraction of sp³-hybridized carbons (Fsp3) is 0.381. The molecule has 0 radical (unpaired) electrons. The lowest BCUT2D eigenvalue weighted by Gasteiger charge is -2.34. The molecule has 6 heteroatoms. The number of hydrogen-bond acceptors (Lipinski definition) is 3. The first-order chi connectivity index (χ1) is 12.9. The molecule has 1 heterocycles. The molecule has 0 atom stereocenters. The summed E-state index contributed by atoms with van der Waals surface area (Å²) >= 11 is 0. The fourth-order valence-electron chi connectivity index (χ4n) is 3.30. The molecule has 0 aliphatic carbocycles. The third-order valence-corrected chi connectivity index (χ3v) is 5.14. The zero-order valence-corrected chi connectivity index (χ0v) is 15.8. The molecule has 1 amide bonds. The highest BCUT2D eigenvalue weighted by Gasteiger charge is 2.20. The number of carbonyl (C=O) groups excluding carboxylic acids is 1. The van der Waals surface area contributed by atoms with Crippen LogP contribution in [0.4, 0.5) is 14.5 Å². The minimum Gasteiger partial charge on any atom is -0.325 e. The Morgan fingerprint density at radius 1 is 1.00 bits per heavy atom. The van der Waals surface area contributed by atoms with Crippen LogP contribution >= 0.6 is 0 Å². The maximum atomic E-state index is 13.8. The molecule has 144 valence electrons. The van der Waals surface area contributed by atoms with Gasteiger partial charge in [0.1, 0.15) is 0 Å². The largest absolute Gasteiger partial charge is 0.325 e. The van der Waals surface area contributed by atoms with E-state index < -0.39 is 11.6 Å². The lowest BCUT2D eigenvalue weighted by atomic mass is 10.1. The van der Waals surface area contributed by atoms with E-state index in [-0.39, 0.29) is 5.91 Å². The van der Waals surface area contributed by atoms with Gasteiger partial charge in [-0.2, -0.15) is 0 Å². The third-order valence-electron chi connectivity index (χ3n) is 5.14. The van der Waals surface area contributed by atoms with Gasteiger partial charge in [0.2, 0.25) is 5.91 Å². The maximum absolute atomic E-state index is 13.8. The molecule has 0 unspecified atom stereocenters. The second kappa shape index (κ2) is 8.59. The van der Waals surface area contributed by atoms with E-state index in [1.54, 1.807) is 6.07 Å². The molecular formula is C21H25F2N3O. The average molecular weight is 373 g/mol. The molecule has 4 nitrogen and oxygen atoms in total. The molecular weight excluding hydrogens is 348 g/mol. The van der Waals surface area contributed by atoms with E-state index in [0.29, 0.717) is 31.7 Å². The van der Waals surface area contributed by atoms with Crippen molar-refractivity contribution in [3.05, 3.63) is 64.7 Å². The molecule has 3 rings (SSSR count). The Balaban J connectivity index is 1.48. The summed E-state index contributed by atoms with van der Waals surface area (Å²) in [5, 5.41) is 2.98. The summed E-state index contributed by atoms with van der Waals surface area (Å²) in [5.74, 6) is -1.62. The highest BCUT2D eigenvalue weighted by Crippen LogP contribution is 2.18. The molecule has 2 aromatic carbocycles. The van der Waals surface area contributed by atoms with Gasteiger partial charge in [0, 0.05) is 44.0 Å². The van der Waals surface area contributed by atoms with E-state index in [4.69, 9.17) is 0 Å². The highest BCUT2D eigenvalue weighted by molar-refractivity contribution is 5.93. The minimum absolute atomic E-state index is 0.0340. The lowest BCUT2D eigenvalue weighted by molar-refractivity contribution is -0.117. The Morgan fingerprint density at radius 3 is 2.41 bits per heavy atom. The molecule has 1 N–H and O–H groups in total. The number of aryl methyl sites for hydroxylation is 1. The van der Waals surface area contributed by atoms with Crippen LogP contribution in [0.5, 0.6) is 0 Å². The minimum atomic E-state index is -0.811. The summed E-state index contributed by atoms with van der Waals surface area (Å²) in [6.45, 7) is 7.59. The first-order valence-electron chi connectivity index (χ1n) is 9.17. The summed E-state index contributed by atoms with van der Waals surface area (Å²) < 4.78 is 27.1. The van der Waals surface area contributed by atoms with E-state index in [2.05, 4.69) is 15.1 Å². The van der Waals surface area contributed by atoms with Gasteiger partial charge in [-0.1, -0.05) is 24.3 Å². The topological polar surface area (TPSA) is 35.6 Å². The number of nitrogens with one attached hydrogen (secondary N) is 1. The van der Waals surface area contributed by atoms with Gasteiger partial charge in [-0.3, -0.25) is 14.6 Å². The van der Waals surface area contributed by atoms with Crippen molar-refractivity contribution >= 4 is 11.6 Å². The Morgan fingerprint density at radius 2 is 1.67 bits per heavy atom. The van der Waals surface area contributed by atoms with E-state index >= 15 is 0 Å². The summed E-state index contributed by atoms with van der Waals surface area (Å²) in [7, 11) is 0. The zero-order valence-electron chi connectivity index (χ0n) is 15.8. The summed E-state index contributed by atoms with van der Waals surface area (Å²) in [4.78, 5) is 16.5. The molecule has 1 aliphatic rings. The first-order valence-corrected chi connectivity index (χ1v) is 9.17. The van der Waals surface area contributed by atoms with Crippen LogP contribution in [-0.4, -0.2) is 48.4 Å². The van der Waals surface area contributed by atoms with Crippen LogP contribution in [0, 0.1) is 25.5 Å². The normalized spacial score (nSPS) is 15.7. The van der Waals surface area contributed by atoms with Crippen molar-refractivity contribution in [2.24, 2.45) is 0 Å². The first kappa shape index (κ1) is 19.5. The lowest BCUT2D eigenvalue weighted by Crippen LogP contribution is -2.48. The zero-order chi connectivity index (χ0) is 19.4. The van der Waals surface area contributed by atoms with Crippen LogP contribution in [0.2, 0.25) is 0 Å². The van der Waals surface area contributed by atoms with Crippen molar-refractivity contribution in [3.8, 4) is 0 Å². The van der Waals surface area contributed by atoms with Crippen molar-refractivity contribution in [2.45, 2.75) is 20.4 Å². The number of amides is 1. The predicted octanol–water partition coefficient (Wildman–Crippen LogP) is 3.34. The summed E-state index contributed by atoms with van der Waals surface area (Å²) in [6.07, 6.45) is 0. The van der Waals surface area contributed by atoms with Crippen LogP contribution in [0.1, 0.15) is 16.7 Å². The molecule has 27 heavy (non-hydrogen) atoms. The predicted molar refractivity (Wildman–Crippen MR) is 103 cm³/mol. The Kier molecular flexibility index (Phi) is 6.19. The summed E-state index contributed by atoms with van der Waals surface area (Å²) in [5.41, 5.74) is 3.44. The van der Waals surface area contributed by atoms with Crippen molar-refractivity contribution in [1.82, 2.24) is 9.80 Å². The smallest absolute Gasteiger partial charge is 0.238 e. The highest BCUT2D eigenvalue weighted by atomic mass is 19.2. The number of rotatable bonds is 5. The van der Waals surface area contributed by atoms with E-state index in [0.717, 1.165) is 36.0 Å². The number of halogens is 2. The van der Waals surface area contributed by atoms with Crippen LogP contribution in [0.15, 0.2) is 36.4 Å². The number of carbonyl (C=O) groups is 1. The molecule has 0 saturated carbocycles. The van der Waals surface area contributed by atoms with Gasteiger partial charge in [-0.25, -0.2) is 8.78 Å². The maximum Gasteiger partial charge on any atom is 0.238 e. The number of benzene rings is 2. The second-order valence-electron chi connectivity index (χ2n) is 7.06. The monoisotopic (exact) mass is 373 g/mol. The van der Waals surface area contributed by atoms with Crippen molar-refractivity contribution in [2.75, 3.05) is 38.0 Å². The van der Waals surface area contributed by atoms with Crippen LogP contribution < -0.4 is 5.32 Å². The third kappa shape index (κ3) is 4.90. The van der Waals surface area contributed by atoms with Gasteiger partial charge >= 0.3 is 0 Å². The van der Waals surface area contributed by atoms with Gasteiger partial charge in [-0.15, -0.1) is 0 Å². The summed E-state index contributed by atoms with van der Waals surface area (Å²) in [6, 6.07) is 10.1. The van der Waals surface area contributed by atoms with Gasteiger partial charge in [-0.05, 0) is 37.1 Å². The van der Waals surface area contributed by atoms with Gasteiger partial charge in [0.15, 0.2) is 11.6 Å². The van der Waals surface area contributed by atoms with Crippen molar-refractivity contribution in [1.29, 1.82) is 0 Å². The number of nitrogens with zero attached hydrogens (tertiary/aromatic N) is 2. The molecule has 1 saturated heterocycles. The molecule has 0 bridgehead atoms. The van der Waals surface area contributed by atoms with Crippen LogP contribution in [0.3, 0.4) is 0 Å². The van der Waals surface area contributed by atoms with Crippen molar-refractivity contribution < 1.29 is 13.6 Å². The van der Waals surface area contributed by atoms with E-state index in [9.17, 15) is 13.6 Å². The number of anilines is 1. The van der Waals surface area contributed by atoms with Gasteiger partial charge in [0.05, 0.1) is 6.54 Å². The molecule has 0 aromatic heterocycles. The van der Waals surface area contributed by atoms with Crippen molar-refractivity contribution in [3.63, 3.8) is 0 Å². The standard InChI is InChI=1S/C21H25F2N3O/c1-15-5-3-8-19(16(15)2)24-20(27)14-26-11-9-25(10-12-26)13-17-6-4-7-18(22)21(17)23/h3-8H,9-14H2,1-2H3,(H,24,27). The molecule has 1 aliphatic heterocycles. The second-order valence-corrected chi connectivity index (χ2v) is 7.06.